The molecule has 0 aromatic carbocycles. The highest BCUT2D eigenvalue weighted by molar-refractivity contribution is 6.07. The number of carbonyl (C=O) groups excluding carboxylic acids is 2. The third-order valence-corrected chi connectivity index (χ3v) is 4.33. The molecule has 0 unspecified atom stereocenters. The molecule has 0 fully saturated rings. The van der Waals surface area contributed by atoms with Crippen LogP contribution in [0.4, 0.5) is 5.82 Å². The van der Waals surface area contributed by atoms with Crippen LogP contribution in [0.5, 0.6) is 0 Å². The molecule has 2 amide bonds. The lowest BCUT2D eigenvalue weighted by Gasteiger charge is -2.09. The number of hydrogen-bond acceptors (Lipinski definition) is 5. The summed E-state index contributed by atoms with van der Waals surface area (Å²) in [6.45, 7) is 4.39. The highest BCUT2D eigenvalue weighted by atomic mass is 16.2. The number of imidazole rings is 1. The van der Waals surface area contributed by atoms with E-state index in [4.69, 9.17) is 0 Å². The van der Waals surface area contributed by atoms with Crippen molar-refractivity contribution in [1.29, 1.82) is 0 Å². The summed E-state index contributed by atoms with van der Waals surface area (Å²) in [5.74, 6) is 0.110. The average Bonchev–Trinajstić information content (AvgIpc) is 3.31. The number of aromatic nitrogens is 5. The zero-order valence-electron chi connectivity index (χ0n) is 16.1. The molecule has 0 saturated heterocycles. The first-order valence-electron chi connectivity index (χ1n) is 9.10. The van der Waals surface area contributed by atoms with Crippen molar-refractivity contribution in [2.24, 2.45) is 7.05 Å². The SMILES string of the molecule is CCCCNC(=O)c1c(NC(=O)c2cc(-n3cccn3)ccn2)nc(C)n1C. The lowest BCUT2D eigenvalue weighted by Crippen LogP contribution is -2.28. The molecule has 0 bridgehead atoms. The zero-order valence-corrected chi connectivity index (χ0v) is 16.1. The molecule has 0 aliphatic carbocycles. The number of rotatable bonds is 7. The van der Waals surface area contributed by atoms with Gasteiger partial charge in [-0.2, -0.15) is 5.10 Å². The van der Waals surface area contributed by atoms with E-state index in [0.29, 0.717) is 23.8 Å². The first-order valence-corrected chi connectivity index (χ1v) is 9.10. The number of aryl methyl sites for hydroxylation is 1. The molecule has 0 radical (unpaired) electrons. The lowest BCUT2D eigenvalue weighted by molar-refractivity contribution is 0.0945. The van der Waals surface area contributed by atoms with Crippen LogP contribution in [0.3, 0.4) is 0 Å². The maximum atomic E-state index is 12.7. The Morgan fingerprint density at radius 1 is 1.21 bits per heavy atom. The minimum Gasteiger partial charge on any atom is -0.351 e. The molecule has 3 aromatic rings. The molecule has 0 saturated carbocycles. The van der Waals surface area contributed by atoms with Crippen LogP contribution in [-0.2, 0) is 7.05 Å². The van der Waals surface area contributed by atoms with Crippen molar-refractivity contribution in [3.8, 4) is 5.69 Å². The van der Waals surface area contributed by atoms with Crippen LogP contribution in [0, 0.1) is 6.92 Å². The van der Waals surface area contributed by atoms with Gasteiger partial charge in [0.2, 0.25) is 0 Å². The van der Waals surface area contributed by atoms with Gasteiger partial charge in [-0.05, 0) is 31.5 Å². The van der Waals surface area contributed by atoms with E-state index in [1.165, 1.54) is 6.20 Å². The summed E-state index contributed by atoms with van der Waals surface area (Å²) < 4.78 is 3.29. The largest absolute Gasteiger partial charge is 0.351 e. The third-order valence-electron chi connectivity index (χ3n) is 4.33. The lowest BCUT2D eigenvalue weighted by atomic mass is 10.3. The Labute approximate surface area is 162 Å². The number of hydrogen-bond donors (Lipinski definition) is 2. The molecule has 0 aliphatic heterocycles. The van der Waals surface area contributed by atoms with E-state index >= 15 is 0 Å². The minimum absolute atomic E-state index is 0.202. The van der Waals surface area contributed by atoms with Crippen LogP contribution in [0.2, 0.25) is 0 Å². The van der Waals surface area contributed by atoms with E-state index in [9.17, 15) is 9.59 Å². The molecular weight excluding hydrogens is 358 g/mol. The number of nitrogens with one attached hydrogen (secondary N) is 2. The zero-order chi connectivity index (χ0) is 20.1. The van der Waals surface area contributed by atoms with Gasteiger partial charge in [-0.25, -0.2) is 9.67 Å². The molecule has 28 heavy (non-hydrogen) atoms. The number of carbonyl (C=O) groups is 2. The summed E-state index contributed by atoms with van der Waals surface area (Å²) in [7, 11) is 1.74. The average molecular weight is 381 g/mol. The maximum Gasteiger partial charge on any atom is 0.275 e. The molecular formula is C19H23N7O2. The fourth-order valence-corrected chi connectivity index (χ4v) is 2.70. The van der Waals surface area contributed by atoms with E-state index < -0.39 is 5.91 Å². The van der Waals surface area contributed by atoms with Crippen molar-refractivity contribution < 1.29 is 9.59 Å². The summed E-state index contributed by atoms with van der Waals surface area (Å²) >= 11 is 0. The first-order chi connectivity index (χ1) is 13.5. The van der Waals surface area contributed by atoms with Crippen molar-refractivity contribution in [2.75, 3.05) is 11.9 Å². The van der Waals surface area contributed by atoms with E-state index in [-0.39, 0.29) is 17.4 Å². The van der Waals surface area contributed by atoms with E-state index in [0.717, 1.165) is 12.8 Å². The molecule has 0 aliphatic rings. The number of pyridine rings is 1. The van der Waals surface area contributed by atoms with Crippen LogP contribution in [0.1, 0.15) is 46.6 Å². The van der Waals surface area contributed by atoms with Crippen molar-refractivity contribution in [3.63, 3.8) is 0 Å². The van der Waals surface area contributed by atoms with Crippen molar-refractivity contribution >= 4 is 17.6 Å². The van der Waals surface area contributed by atoms with Crippen LogP contribution < -0.4 is 10.6 Å². The Kier molecular flexibility index (Phi) is 5.83. The Hall–Kier alpha value is -3.49. The highest BCUT2D eigenvalue weighted by Gasteiger charge is 2.22. The summed E-state index contributed by atoms with van der Waals surface area (Å²) in [5.41, 5.74) is 1.22. The number of unbranched alkanes of at least 4 members (excludes halogenated alkanes) is 1. The molecule has 3 aromatic heterocycles. The van der Waals surface area contributed by atoms with Crippen LogP contribution in [-0.4, -0.2) is 42.7 Å². The van der Waals surface area contributed by atoms with Crippen LogP contribution in [0.15, 0.2) is 36.8 Å². The Morgan fingerprint density at radius 3 is 2.75 bits per heavy atom. The fraction of sp³-hybridized carbons (Fsp3) is 0.316. The summed E-state index contributed by atoms with van der Waals surface area (Å²) in [4.78, 5) is 33.7. The molecule has 9 nitrogen and oxygen atoms in total. The quantitative estimate of drug-likeness (QED) is 0.610. The molecule has 0 spiro atoms. The highest BCUT2D eigenvalue weighted by Crippen LogP contribution is 2.17. The van der Waals surface area contributed by atoms with Gasteiger partial charge in [-0.1, -0.05) is 13.3 Å². The third kappa shape index (κ3) is 4.08. The second-order valence-corrected chi connectivity index (χ2v) is 6.33. The summed E-state index contributed by atoms with van der Waals surface area (Å²) in [5, 5.41) is 9.71. The van der Waals surface area contributed by atoms with Crippen LogP contribution in [0.25, 0.3) is 5.69 Å². The molecule has 3 heterocycles. The van der Waals surface area contributed by atoms with Gasteiger partial charge in [0.1, 0.15) is 11.5 Å². The standard InChI is InChI=1S/C19H23N7O2/c1-4-5-8-21-19(28)16-17(23-13(2)25(16)3)24-18(27)15-12-14(7-10-20-15)26-11-6-9-22-26/h6-7,9-12H,4-5,8H2,1-3H3,(H,21,28)(H,24,27). The van der Waals surface area contributed by atoms with Crippen molar-refractivity contribution in [3.05, 3.63) is 54.0 Å². The molecule has 3 rings (SSSR count). The second-order valence-electron chi connectivity index (χ2n) is 6.33. The molecule has 9 heteroatoms. The molecule has 146 valence electrons. The predicted molar refractivity (Wildman–Crippen MR) is 104 cm³/mol. The molecule has 2 N–H and O–H groups in total. The monoisotopic (exact) mass is 381 g/mol. The smallest absolute Gasteiger partial charge is 0.275 e. The Bertz CT molecular complexity index is 976. The van der Waals surface area contributed by atoms with Crippen LogP contribution >= 0.6 is 0 Å². The summed E-state index contributed by atoms with van der Waals surface area (Å²) in [6, 6.07) is 5.17. The van der Waals surface area contributed by atoms with Gasteiger partial charge in [0.15, 0.2) is 11.5 Å². The van der Waals surface area contributed by atoms with Gasteiger partial charge in [0.25, 0.3) is 11.8 Å². The van der Waals surface area contributed by atoms with Gasteiger partial charge < -0.3 is 15.2 Å². The van der Waals surface area contributed by atoms with E-state index in [1.807, 2.05) is 0 Å². The number of anilines is 1. The number of nitrogens with zero attached hydrogens (tertiary/aromatic N) is 5. The van der Waals surface area contributed by atoms with Gasteiger partial charge in [0, 0.05) is 32.2 Å². The normalized spacial score (nSPS) is 10.7. The van der Waals surface area contributed by atoms with Gasteiger partial charge in [-0.3, -0.25) is 14.6 Å². The Balaban J connectivity index is 1.82. The van der Waals surface area contributed by atoms with E-state index in [2.05, 4.69) is 32.6 Å². The van der Waals surface area contributed by atoms with Gasteiger partial charge in [-0.15, -0.1) is 0 Å². The van der Waals surface area contributed by atoms with Gasteiger partial charge in [0.05, 0.1) is 5.69 Å². The van der Waals surface area contributed by atoms with Gasteiger partial charge >= 0.3 is 0 Å². The topological polar surface area (TPSA) is 107 Å². The Morgan fingerprint density at radius 2 is 2.04 bits per heavy atom. The van der Waals surface area contributed by atoms with E-state index in [1.54, 1.807) is 53.8 Å². The summed E-state index contributed by atoms with van der Waals surface area (Å²) in [6.07, 6.45) is 6.83. The maximum absolute atomic E-state index is 12.7. The fourth-order valence-electron chi connectivity index (χ4n) is 2.70. The number of amides is 2. The second kappa shape index (κ2) is 8.47. The first kappa shape index (κ1) is 19.3. The van der Waals surface area contributed by atoms with Crippen molar-refractivity contribution in [2.45, 2.75) is 26.7 Å². The predicted octanol–water partition coefficient (Wildman–Crippen LogP) is 2.09. The molecule has 0 atom stereocenters. The minimum atomic E-state index is -0.449. The van der Waals surface area contributed by atoms with Crippen molar-refractivity contribution in [1.82, 2.24) is 29.6 Å².